The van der Waals surface area contributed by atoms with E-state index in [0.29, 0.717) is 39.3 Å². The summed E-state index contributed by atoms with van der Waals surface area (Å²) in [6.45, 7) is 4.16. The number of hydrogen-bond acceptors (Lipinski definition) is 7. The van der Waals surface area contributed by atoms with E-state index in [0.717, 1.165) is 29.7 Å². The molecule has 200 valence electrons. The lowest BCUT2D eigenvalue weighted by Crippen LogP contribution is -2.37. The summed E-state index contributed by atoms with van der Waals surface area (Å²) >= 11 is 0. The first kappa shape index (κ1) is 26.3. The third kappa shape index (κ3) is 5.31. The fourth-order valence-corrected chi connectivity index (χ4v) is 5.26. The maximum atomic E-state index is 12.4. The molecule has 4 aromatic rings. The van der Waals surface area contributed by atoms with E-state index < -0.39 is 0 Å². The largest absolute Gasteiger partial charge is 0.496 e. The van der Waals surface area contributed by atoms with Crippen molar-refractivity contribution in [3.63, 3.8) is 0 Å². The van der Waals surface area contributed by atoms with Crippen molar-refractivity contribution in [1.82, 2.24) is 9.88 Å². The number of ether oxygens (including phenoxy) is 2. The van der Waals surface area contributed by atoms with Crippen LogP contribution in [0.2, 0.25) is 0 Å². The number of amides is 1. The minimum absolute atomic E-state index is 0.111. The third-order valence-corrected chi connectivity index (χ3v) is 7.04. The Balaban J connectivity index is 1.49. The van der Waals surface area contributed by atoms with Gasteiger partial charge in [-0.15, -0.1) is 0 Å². The molecule has 0 radical (unpaired) electrons. The fourth-order valence-electron chi connectivity index (χ4n) is 5.26. The lowest BCUT2D eigenvalue weighted by molar-refractivity contribution is -0.0337. The van der Waals surface area contributed by atoms with Crippen LogP contribution >= 0.6 is 0 Å². The maximum absolute atomic E-state index is 12.4. The van der Waals surface area contributed by atoms with Gasteiger partial charge in [0, 0.05) is 43.5 Å². The van der Waals surface area contributed by atoms with Gasteiger partial charge in [0.05, 0.1) is 36.1 Å². The molecular weight excluding hydrogens is 492 g/mol. The molecule has 1 aliphatic rings. The lowest BCUT2D eigenvalue weighted by atomic mass is 9.98. The highest BCUT2D eigenvalue weighted by atomic mass is 16.5. The van der Waals surface area contributed by atoms with E-state index in [1.165, 1.54) is 4.90 Å². The highest BCUT2D eigenvalue weighted by Crippen LogP contribution is 2.38. The van der Waals surface area contributed by atoms with E-state index in [9.17, 15) is 10.1 Å². The molecule has 5 rings (SSSR count). The van der Waals surface area contributed by atoms with E-state index in [-0.39, 0.29) is 24.2 Å². The van der Waals surface area contributed by atoms with Crippen LogP contribution in [-0.2, 0) is 4.74 Å². The van der Waals surface area contributed by atoms with Crippen LogP contribution in [0.4, 0.5) is 5.69 Å². The molecule has 1 N–H and O–H groups in total. The topological polar surface area (TPSA) is 101 Å². The zero-order valence-corrected chi connectivity index (χ0v) is 22.8. The number of fused-ring (bicyclic) bond motifs is 1. The van der Waals surface area contributed by atoms with Gasteiger partial charge in [-0.25, -0.2) is 0 Å². The number of methoxy groups -OCH3 is 1. The average Bonchev–Trinajstić information content (AvgIpc) is 3.36. The summed E-state index contributed by atoms with van der Waals surface area (Å²) in [5.74, 6) is 0.995. The molecule has 39 heavy (non-hydrogen) atoms. The van der Waals surface area contributed by atoms with Crippen molar-refractivity contribution in [2.24, 2.45) is 0 Å². The van der Waals surface area contributed by atoms with Crippen LogP contribution in [0, 0.1) is 11.3 Å². The molecule has 1 saturated heterocycles. The average molecular weight is 525 g/mol. The van der Waals surface area contributed by atoms with Crippen molar-refractivity contribution < 1.29 is 18.7 Å². The van der Waals surface area contributed by atoms with E-state index in [4.69, 9.17) is 13.9 Å². The molecule has 2 aromatic heterocycles. The van der Waals surface area contributed by atoms with Crippen LogP contribution in [0.3, 0.4) is 0 Å². The molecule has 1 fully saturated rings. The number of hydrogen-bond donors (Lipinski definition) is 1. The molecule has 2 atom stereocenters. The first-order valence-corrected chi connectivity index (χ1v) is 13.0. The number of benzene rings is 2. The number of carbonyl (C=O) groups excluding carboxylic acids is 1. The molecule has 2 aromatic carbocycles. The van der Waals surface area contributed by atoms with Crippen molar-refractivity contribution in [1.29, 1.82) is 5.26 Å². The molecule has 0 saturated carbocycles. The van der Waals surface area contributed by atoms with Crippen LogP contribution in [0.1, 0.15) is 42.6 Å². The van der Waals surface area contributed by atoms with Crippen molar-refractivity contribution in [2.45, 2.75) is 44.9 Å². The number of rotatable bonds is 6. The van der Waals surface area contributed by atoms with Gasteiger partial charge in [0.25, 0.3) is 5.91 Å². The molecule has 0 bridgehead atoms. The van der Waals surface area contributed by atoms with Crippen molar-refractivity contribution >= 4 is 22.7 Å². The van der Waals surface area contributed by atoms with Gasteiger partial charge >= 0.3 is 0 Å². The molecule has 0 spiro atoms. The summed E-state index contributed by atoms with van der Waals surface area (Å²) in [5, 5.41) is 13.5. The van der Waals surface area contributed by atoms with Crippen LogP contribution < -0.4 is 10.1 Å². The van der Waals surface area contributed by atoms with Crippen LogP contribution in [-0.4, -0.2) is 55.2 Å². The van der Waals surface area contributed by atoms with Gasteiger partial charge in [-0.3, -0.25) is 9.78 Å². The number of pyridine rings is 1. The van der Waals surface area contributed by atoms with Gasteiger partial charge < -0.3 is 24.1 Å². The second-order valence-electron chi connectivity index (χ2n) is 10.2. The standard InChI is InChI=1S/C31H32N4O4/c1-18-12-23(13-19(2)38-18)34-26-9-7-20(14-22(26)17-32)24-10-11-33-27-16-29(39-30(24)27)25-8-6-21(15-28(25)37-5)31(36)35(3)4/h6-11,14-16,18-19,23,34H,12-13H2,1-5H3. The van der Waals surface area contributed by atoms with Gasteiger partial charge in [0.15, 0.2) is 5.58 Å². The van der Waals surface area contributed by atoms with Gasteiger partial charge in [-0.2, -0.15) is 5.26 Å². The van der Waals surface area contributed by atoms with Crippen molar-refractivity contribution in [2.75, 3.05) is 26.5 Å². The van der Waals surface area contributed by atoms with Crippen LogP contribution in [0.25, 0.3) is 33.6 Å². The molecule has 1 amide bonds. The summed E-state index contributed by atoms with van der Waals surface area (Å²) in [6.07, 6.45) is 3.88. The Labute approximate surface area is 228 Å². The Morgan fingerprint density at radius 1 is 1.08 bits per heavy atom. The van der Waals surface area contributed by atoms with Crippen LogP contribution in [0.15, 0.2) is 59.1 Å². The van der Waals surface area contributed by atoms with Gasteiger partial charge in [0.1, 0.15) is 23.1 Å². The Hall–Kier alpha value is -4.35. The summed E-state index contributed by atoms with van der Waals surface area (Å²) in [6, 6.07) is 17.5. The highest BCUT2D eigenvalue weighted by Gasteiger charge is 2.25. The van der Waals surface area contributed by atoms with Gasteiger partial charge in [0.2, 0.25) is 0 Å². The maximum Gasteiger partial charge on any atom is 0.253 e. The first-order valence-electron chi connectivity index (χ1n) is 13.0. The molecule has 3 heterocycles. The fraction of sp³-hybridized carbons (Fsp3) is 0.323. The van der Waals surface area contributed by atoms with Crippen LogP contribution in [0.5, 0.6) is 5.75 Å². The lowest BCUT2D eigenvalue weighted by Gasteiger charge is -2.33. The molecule has 8 nitrogen and oxygen atoms in total. The zero-order chi connectivity index (χ0) is 27.7. The van der Waals surface area contributed by atoms with E-state index in [1.807, 2.05) is 36.4 Å². The minimum atomic E-state index is -0.111. The SMILES string of the molecule is COc1cc(C(=O)N(C)C)ccc1-c1cc2nccc(-c3ccc(NC4CC(C)OC(C)C4)c(C#N)c3)c2o1. The Morgan fingerprint density at radius 3 is 2.54 bits per heavy atom. The quantitative estimate of drug-likeness (QED) is 0.325. The zero-order valence-electron chi connectivity index (χ0n) is 22.8. The number of nitrogens with one attached hydrogen (secondary N) is 1. The predicted molar refractivity (Wildman–Crippen MR) is 151 cm³/mol. The second-order valence-corrected chi connectivity index (χ2v) is 10.2. The number of nitrogens with zero attached hydrogens (tertiary/aromatic N) is 3. The third-order valence-electron chi connectivity index (χ3n) is 7.04. The van der Waals surface area contributed by atoms with E-state index in [1.54, 1.807) is 39.5 Å². The summed E-state index contributed by atoms with van der Waals surface area (Å²) in [5.41, 5.74) is 5.61. The first-order chi connectivity index (χ1) is 18.8. The summed E-state index contributed by atoms with van der Waals surface area (Å²) in [7, 11) is 4.98. The number of nitriles is 1. The Bertz CT molecular complexity index is 1560. The number of aromatic nitrogens is 1. The summed E-state index contributed by atoms with van der Waals surface area (Å²) < 4.78 is 17.8. The monoisotopic (exact) mass is 524 g/mol. The molecular formula is C31H32N4O4. The number of carbonyl (C=O) groups is 1. The van der Waals surface area contributed by atoms with Crippen molar-refractivity contribution in [3.8, 4) is 34.3 Å². The summed E-state index contributed by atoms with van der Waals surface area (Å²) in [4.78, 5) is 18.4. The minimum Gasteiger partial charge on any atom is -0.496 e. The molecule has 8 heteroatoms. The molecule has 2 unspecified atom stereocenters. The van der Waals surface area contributed by atoms with Crippen molar-refractivity contribution in [3.05, 3.63) is 65.9 Å². The molecule has 0 aliphatic carbocycles. The Kier molecular flexibility index (Phi) is 7.27. The predicted octanol–water partition coefficient (Wildman–Crippen LogP) is 6.11. The number of anilines is 1. The van der Waals surface area contributed by atoms with E-state index in [2.05, 4.69) is 30.2 Å². The van der Waals surface area contributed by atoms with E-state index >= 15 is 0 Å². The Morgan fingerprint density at radius 2 is 1.85 bits per heavy atom. The molecule has 1 aliphatic heterocycles. The second kappa shape index (κ2) is 10.8. The van der Waals surface area contributed by atoms with Gasteiger partial charge in [-0.05, 0) is 68.7 Å². The normalized spacial score (nSPS) is 18.9. The number of furan rings is 1. The highest BCUT2D eigenvalue weighted by molar-refractivity contribution is 5.96. The smallest absolute Gasteiger partial charge is 0.253 e. The van der Waals surface area contributed by atoms with Gasteiger partial charge in [-0.1, -0.05) is 6.07 Å².